The standard InChI is InChI=1S/C23H38N2O/c1-2-3-4-5-6-7-8-9-10-11-12-13-14-15-18-21(23(24)26)22-19-16-17-20-25-22/h9-10,16-17,19-21H,2-8,11-15,18H2,1H3,(H2,24,26). The van der Waals surface area contributed by atoms with Gasteiger partial charge in [-0.15, -0.1) is 0 Å². The monoisotopic (exact) mass is 358 g/mol. The minimum atomic E-state index is -0.263. The highest BCUT2D eigenvalue weighted by Crippen LogP contribution is 2.20. The first-order chi connectivity index (χ1) is 12.8. The second-order valence-corrected chi connectivity index (χ2v) is 7.23. The molecule has 3 heteroatoms. The predicted octanol–water partition coefficient (Wildman–Crippen LogP) is 6.30. The van der Waals surface area contributed by atoms with Crippen molar-refractivity contribution in [2.75, 3.05) is 0 Å². The molecular formula is C23H38N2O. The van der Waals surface area contributed by atoms with Crippen LogP contribution in [0.1, 0.15) is 102 Å². The van der Waals surface area contributed by atoms with Crippen LogP contribution in [0.25, 0.3) is 0 Å². The molecule has 1 rings (SSSR count). The number of aromatic nitrogens is 1. The van der Waals surface area contributed by atoms with Crippen LogP contribution in [0.15, 0.2) is 36.5 Å². The average molecular weight is 359 g/mol. The van der Waals surface area contributed by atoms with Crippen molar-refractivity contribution in [3.8, 4) is 0 Å². The molecule has 0 bridgehead atoms. The maximum absolute atomic E-state index is 11.6. The third kappa shape index (κ3) is 11.1. The van der Waals surface area contributed by atoms with Gasteiger partial charge < -0.3 is 5.73 Å². The molecule has 2 N–H and O–H groups in total. The third-order valence-corrected chi connectivity index (χ3v) is 4.89. The molecule has 0 aliphatic heterocycles. The summed E-state index contributed by atoms with van der Waals surface area (Å²) >= 11 is 0. The minimum Gasteiger partial charge on any atom is -0.369 e. The van der Waals surface area contributed by atoms with Gasteiger partial charge in [-0.2, -0.15) is 0 Å². The van der Waals surface area contributed by atoms with E-state index in [9.17, 15) is 4.79 Å². The van der Waals surface area contributed by atoms with Crippen LogP contribution in [0.2, 0.25) is 0 Å². The molecule has 0 saturated heterocycles. The Labute approximate surface area is 160 Å². The van der Waals surface area contributed by atoms with E-state index in [1.165, 1.54) is 64.2 Å². The van der Waals surface area contributed by atoms with Crippen LogP contribution in [0.5, 0.6) is 0 Å². The Balaban J connectivity index is 2.00. The Morgan fingerprint density at radius 2 is 1.58 bits per heavy atom. The molecule has 1 heterocycles. The molecular weight excluding hydrogens is 320 g/mol. The average Bonchev–Trinajstić information content (AvgIpc) is 2.65. The number of carbonyl (C=O) groups excluding carboxylic acids is 1. The number of pyridine rings is 1. The van der Waals surface area contributed by atoms with E-state index in [1.54, 1.807) is 6.20 Å². The minimum absolute atomic E-state index is 0.242. The first-order valence-corrected chi connectivity index (χ1v) is 10.6. The van der Waals surface area contributed by atoms with E-state index in [0.29, 0.717) is 0 Å². The van der Waals surface area contributed by atoms with Gasteiger partial charge in [-0.05, 0) is 44.2 Å². The van der Waals surface area contributed by atoms with Gasteiger partial charge in [0, 0.05) is 6.20 Å². The summed E-state index contributed by atoms with van der Waals surface area (Å²) in [5, 5.41) is 0. The fraction of sp³-hybridized carbons (Fsp3) is 0.652. The first-order valence-electron chi connectivity index (χ1n) is 10.6. The maximum atomic E-state index is 11.6. The molecule has 0 radical (unpaired) electrons. The summed E-state index contributed by atoms with van der Waals surface area (Å²) in [7, 11) is 0. The summed E-state index contributed by atoms with van der Waals surface area (Å²) in [5.74, 6) is -0.505. The van der Waals surface area contributed by atoms with Crippen LogP contribution in [0.4, 0.5) is 0 Å². The lowest BCUT2D eigenvalue weighted by atomic mass is 9.96. The van der Waals surface area contributed by atoms with Gasteiger partial charge in [0.1, 0.15) is 0 Å². The Morgan fingerprint density at radius 3 is 2.15 bits per heavy atom. The topological polar surface area (TPSA) is 56.0 Å². The lowest BCUT2D eigenvalue weighted by molar-refractivity contribution is -0.119. The zero-order chi connectivity index (χ0) is 18.9. The van der Waals surface area contributed by atoms with Crippen molar-refractivity contribution in [2.45, 2.75) is 96.3 Å². The summed E-state index contributed by atoms with van der Waals surface area (Å²) in [6, 6.07) is 5.67. The first kappa shape index (κ1) is 22.4. The maximum Gasteiger partial charge on any atom is 0.226 e. The molecule has 0 aliphatic carbocycles. The number of allylic oxidation sites excluding steroid dienone is 2. The van der Waals surface area contributed by atoms with Gasteiger partial charge in [-0.25, -0.2) is 0 Å². The number of hydrogen-bond acceptors (Lipinski definition) is 2. The third-order valence-electron chi connectivity index (χ3n) is 4.89. The second-order valence-electron chi connectivity index (χ2n) is 7.23. The van der Waals surface area contributed by atoms with Crippen molar-refractivity contribution < 1.29 is 4.79 Å². The zero-order valence-corrected chi connectivity index (χ0v) is 16.7. The summed E-state index contributed by atoms with van der Waals surface area (Å²) in [6.07, 6.45) is 22.5. The van der Waals surface area contributed by atoms with Crippen LogP contribution in [-0.4, -0.2) is 10.9 Å². The van der Waals surface area contributed by atoms with Crippen LogP contribution >= 0.6 is 0 Å². The molecule has 3 nitrogen and oxygen atoms in total. The molecule has 26 heavy (non-hydrogen) atoms. The lowest BCUT2D eigenvalue weighted by Crippen LogP contribution is -2.22. The van der Waals surface area contributed by atoms with Gasteiger partial charge >= 0.3 is 0 Å². The molecule has 0 saturated carbocycles. The number of rotatable bonds is 16. The largest absolute Gasteiger partial charge is 0.369 e. The Bertz CT molecular complexity index is 484. The van der Waals surface area contributed by atoms with E-state index in [-0.39, 0.29) is 11.8 Å². The number of unbranched alkanes of at least 4 members (excludes halogenated alkanes) is 10. The number of nitrogens with zero attached hydrogens (tertiary/aromatic N) is 1. The number of primary amides is 1. The molecule has 1 amide bonds. The molecule has 1 atom stereocenters. The van der Waals surface area contributed by atoms with E-state index in [4.69, 9.17) is 5.73 Å². The molecule has 146 valence electrons. The summed E-state index contributed by atoms with van der Waals surface area (Å²) in [5.41, 5.74) is 6.34. The van der Waals surface area contributed by atoms with E-state index in [2.05, 4.69) is 24.1 Å². The van der Waals surface area contributed by atoms with E-state index >= 15 is 0 Å². The smallest absolute Gasteiger partial charge is 0.226 e. The normalized spacial score (nSPS) is 12.5. The predicted molar refractivity (Wildman–Crippen MR) is 111 cm³/mol. The van der Waals surface area contributed by atoms with Gasteiger partial charge in [0.25, 0.3) is 0 Å². The quantitative estimate of drug-likeness (QED) is 0.278. The molecule has 1 aromatic heterocycles. The fourth-order valence-corrected chi connectivity index (χ4v) is 3.26. The van der Waals surface area contributed by atoms with Crippen molar-refractivity contribution in [1.82, 2.24) is 4.98 Å². The molecule has 0 aliphatic rings. The van der Waals surface area contributed by atoms with Crippen molar-refractivity contribution in [3.05, 3.63) is 42.2 Å². The molecule has 0 spiro atoms. The summed E-state index contributed by atoms with van der Waals surface area (Å²) in [4.78, 5) is 15.9. The van der Waals surface area contributed by atoms with E-state index < -0.39 is 0 Å². The van der Waals surface area contributed by atoms with Crippen LogP contribution in [-0.2, 0) is 4.79 Å². The number of amides is 1. The number of hydrogen-bond donors (Lipinski definition) is 1. The van der Waals surface area contributed by atoms with Gasteiger partial charge in [0.05, 0.1) is 11.6 Å². The highest BCUT2D eigenvalue weighted by atomic mass is 16.1. The molecule has 0 fully saturated rings. The number of carbonyl (C=O) groups is 1. The van der Waals surface area contributed by atoms with Crippen molar-refractivity contribution in [1.29, 1.82) is 0 Å². The van der Waals surface area contributed by atoms with Crippen molar-refractivity contribution in [3.63, 3.8) is 0 Å². The highest BCUT2D eigenvalue weighted by Gasteiger charge is 2.18. The molecule has 0 aromatic carbocycles. The molecule has 1 unspecified atom stereocenters. The van der Waals surface area contributed by atoms with Gasteiger partial charge in [-0.1, -0.05) is 76.5 Å². The highest BCUT2D eigenvalue weighted by molar-refractivity contribution is 5.81. The Hall–Kier alpha value is -1.64. The second kappa shape index (κ2) is 15.6. The van der Waals surface area contributed by atoms with Gasteiger partial charge in [-0.3, -0.25) is 9.78 Å². The summed E-state index contributed by atoms with van der Waals surface area (Å²) < 4.78 is 0. The van der Waals surface area contributed by atoms with Crippen molar-refractivity contribution in [2.24, 2.45) is 5.73 Å². The summed E-state index contributed by atoms with van der Waals surface area (Å²) in [6.45, 7) is 2.26. The van der Waals surface area contributed by atoms with Crippen LogP contribution in [0.3, 0.4) is 0 Å². The molecule has 1 aromatic rings. The van der Waals surface area contributed by atoms with Crippen LogP contribution < -0.4 is 5.73 Å². The van der Waals surface area contributed by atoms with E-state index in [1.807, 2.05) is 18.2 Å². The van der Waals surface area contributed by atoms with Crippen molar-refractivity contribution >= 4 is 5.91 Å². The fourth-order valence-electron chi connectivity index (χ4n) is 3.26. The SMILES string of the molecule is CCCCCCCCC=CCCCCCCC(C(N)=O)c1ccccn1. The number of nitrogens with two attached hydrogens (primary N) is 1. The van der Waals surface area contributed by atoms with Gasteiger partial charge in [0.15, 0.2) is 0 Å². The zero-order valence-electron chi connectivity index (χ0n) is 16.7. The van der Waals surface area contributed by atoms with Crippen LogP contribution in [0, 0.1) is 0 Å². The Kier molecular flexibility index (Phi) is 13.4. The Morgan fingerprint density at radius 1 is 0.962 bits per heavy atom. The lowest BCUT2D eigenvalue weighted by Gasteiger charge is -2.12. The van der Waals surface area contributed by atoms with E-state index in [0.717, 1.165) is 25.0 Å². The van der Waals surface area contributed by atoms with Gasteiger partial charge in [0.2, 0.25) is 5.91 Å².